The number of carbonyl (C=O) groups excluding carboxylic acids is 2. The average Bonchev–Trinajstić information content (AvgIpc) is 2.81. The van der Waals surface area contributed by atoms with Crippen molar-refractivity contribution in [1.82, 2.24) is 0 Å². The first kappa shape index (κ1) is 29.9. The van der Waals surface area contributed by atoms with Gasteiger partial charge in [0.25, 0.3) is 0 Å². The third kappa shape index (κ3) is 3.88. The number of carbonyl (C=O) groups is 3. The van der Waals surface area contributed by atoms with E-state index in [-0.39, 0.29) is 51.1 Å². The van der Waals surface area contributed by atoms with E-state index in [4.69, 9.17) is 4.74 Å². The molecular weight excluding hydrogens is 521 g/mol. The van der Waals surface area contributed by atoms with Gasteiger partial charge in [-0.2, -0.15) is 13.2 Å². The lowest BCUT2D eigenvalue weighted by Gasteiger charge is -2.72. The normalized spacial score (nSPS) is 47.6. The van der Waals surface area contributed by atoms with Crippen LogP contribution in [0.4, 0.5) is 13.2 Å². The number of esters is 1. The van der Waals surface area contributed by atoms with Crippen molar-refractivity contribution in [1.29, 1.82) is 0 Å². The Morgan fingerprint density at radius 3 is 2.08 bits per heavy atom. The molecule has 0 amide bonds. The average molecular weight is 569 g/mol. The highest BCUT2D eigenvalue weighted by atomic mass is 19.4. The number of carboxylic acids is 1. The Morgan fingerprint density at radius 2 is 1.48 bits per heavy atom. The van der Waals surface area contributed by atoms with E-state index in [1.807, 2.05) is 13.8 Å². The predicted molar refractivity (Wildman–Crippen MR) is 143 cm³/mol. The molecular formula is C32H47F3O5. The fourth-order valence-corrected chi connectivity index (χ4v) is 11.5. The number of fused-ring (bicyclic) bond motifs is 7. The summed E-state index contributed by atoms with van der Waals surface area (Å²) < 4.78 is 44.3. The summed E-state index contributed by atoms with van der Waals surface area (Å²) in [5.74, 6) is -3.13. The number of carboxylic acid groups (broad SMARTS) is 1. The molecule has 5 rings (SSSR count). The molecule has 5 nitrogen and oxygen atoms in total. The number of alkyl halides is 3. The summed E-state index contributed by atoms with van der Waals surface area (Å²) in [5.41, 5.74) is -2.37. The van der Waals surface area contributed by atoms with Crippen LogP contribution in [0.1, 0.15) is 113 Å². The van der Waals surface area contributed by atoms with E-state index in [1.165, 1.54) is 0 Å². The third-order valence-corrected chi connectivity index (χ3v) is 13.9. The topological polar surface area (TPSA) is 80.7 Å². The minimum absolute atomic E-state index is 0.00104. The Morgan fingerprint density at radius 1 is 0.850 bits per heavy atom. The Balaban J connectivity index is 1.51. The first-order valence-electron chi connectivity index (χ1n) is 15.2. The smallest absolute Gasteiger partial charge is 0.481 e. The molecule has 0 aromatic heterocycles. The van der Waals surface area contributed by atoms with Gasteiger partial charge in [0.2, 0.25) is 0 Å². The molecule has 226 valence electrons. The SMILES string of the molecule is CC1(C)CC[C@]2(C(=O)O)CC[C@]3(C)[C@H](C(=O)C[C@@H]4[C@@]5(C)CC[C@H](OC(=O)C(F)(F)F)C(C)(C)[C@@H]5CC[C@]43C)[C@@H]2C1. The molecule has 40 heavy (non-hydrogen) atoms. The van der Waals surface area contributed by atoms with Gasteiger partial charge >= 0.3 is 18.1 Å². The van der Waals surface area contributed by atoms with Gasteiger partial charge in [0.15, 0.2) is 0 Å². The van der Waals surface area contributed by atoms with E-state index in [1.54, 1.807) is 0 Å². The zero-order valence-corrected chi connectivity index (χ0v) is 25.2. The standard InChI is InChI=1S/C32H47F3O5/c1-26(2)12-14-31(24(37)38)15-13-30(7)23(18(31)17-26)19(36)16-21-28(5)10-9-22(40-25(39)32(33,34)35)27(3,4)20(28)8-11-29(21,30)6/h18,20-23H,8-17H2,1-7H3,(H,37,38)/t18-,20-,21+,22-,23-,28-,29+,30+,31-/m0/s1. The Kier molecular flexibility index (Phi) is 6.51. The van der Waals surface area contributed by atoms with Crippen molar-refractivity contribution in [3.05, 3.63) is 0 Å². The molecule has 5 fully saturated rings. The molecule has 0 aromatic carbocycles. The second-order valence-electron chi connectivity index (χ2n) is 16.3. The molecule has 0 bridgehead atoms. The maximum atomic E-state index is 14.4. The number of rotatable bonds is 2. The highest BCUT2D eigenvalue weighted by molar-refractivity contribution is 5.86. The van der Waals surface area contributed by atoms with Crippen molar-refractivity contribution in [3.8, 4) is 0 Å². The highest BCUT2D eigenvalue weighted by Crippen LogP contribution is 2.76. The monoisotopic (exact) mass is 568 g/mol. The van der Waals surface area contributed by atoms with Gasteiger partial charge in [0.05, 0.1) is 5.41 Å². The molecule has 0 unspecified atom stereocenters. The molecule has 0 radical (unpaired) electrons. The zero-order chi connectivity index (χ0) is 29.9. The van der Waals surface area contributed by atoms with E-state index >= 15 is 0 Å². The summed E-state index contributed by atoms with van der Waals surface area (Å²) in [4.78, 5) is 39.0. The molecule has 5 aliphatic carbocycles. The van der Waals surface area contributed by atoms with E-state index in [2.05, 4.69) is 34.6 Å². The lowest BCUT2D eigenvalue weighted by atomic mass is 9.31. The summed E-state index contributed by atoms with van der Waals surface area (Å²) in [6.07, 6.45) is 0.581. The molecule has 8 heteroatoms. The van der Waals surface area contributed by atoms with Gasteiger partial charge in [-0.1, -0.05) is 48.5 Å². The highest BCUT2D eigenvalue weighted by Gasteiger charge is 2.73. The third-order valence-electron chi connectivity index (χ3n) is 13.9. The minimum atomic E-state index is -5.03. The van der Waals surface area contributed by atoms with Crippen LogP contribution in [0.15, 0.2) is 0 Å². The van der Waals surface area contributed by atoms with Crippen LogP contribution < -0.4 is 0 Å². The maximum Gasteiger partial charge on any atom is 0.490 e. The van der Waals surface area contributed by atoms with Gasteiger partial charge in [-0.3, -0.25) is 9.59 Å². The number of aliphatic carboxylic acids is 1. The minimum Gasteiger partial charge on any atom is -0.481 e. The summed E-state index contributed by atoms with van der Waals surface area (Å²) >= 11 is 0. The number of hydrogen-bond donors (Lipinski definition) is 1. The van der Waals surface area contributed by atoms with Gasteiger partial charge in [-0.25, -0.2) is 4.79 Å². The van der Waals surface area contributed by atoms with Crippen LogP contribution in [0.2, 0.25) is 0 Å². The van der Waals surface area contributed by atoms with Crippen LogP contribution in [-0.4, -0.2) is 35.1 Å². The second-order valence-corrected chi connectivity index (χ2v) is 16.3. The molecule has 0 heterocycles. The Labute approximate surface area is 236 Å². The van der Waals surface area contributed by atoms with Gasteiger partial charge < -0.3 is 9.84 Å². The van der Waals surface area contributed by atoms with Crippen molar-refractivity contribution < 1.29 is 37.4 Å². The second kappa shape index (κ2) is 8.72. The van der Waals surface area contributed by atoms with Crippen LogP contribution >= 0.6 is 0 Å². The first-order valence-corrected chi connectivity index (χ1v) is 15.2. The summed E-state index contributed by atoms with van der Waals surface area (Å²) in [5, 5.41) is 10.5. The van der Waals surface area contributed by atoms with Crippen molar-refractivity contribution in [2.45, 2.75) is 125 Å². The number of halogens is 3. The molecule has 5 aliphatic rings. The summed E-state index contributed by atoms with van der Waals surface area (Å²) in [6, 6.07) is 0. The molecule has 1 N–H and O–H groups in total. The largest absolute Gasteiger partial charge is 0.490 e. The Bertz CT molecular complexity index is 1110. The number of ketones is 1. The predicted octanol–water partition coefficient (Wildman–Crippen LogP) is 7.61. The van der Waals surface area contributed by atoms with Gasteiger partial charge in [0, 0.05) is 17.8 Å². The maximum absolute atomic E-state index is 14.4. The van der Waals surface area contributed by atoms with Crippen molar-refractivity contribution >= 4 is 17.7 Å². The van der Waals surface area contributed by atoms with E-state index in [9.17, 15) is 32.7 Å². The van der Waals surface area contributed by atoms with Crippen molar-refractivity contribution in [3.63, 3.8) is 0 Å². The van der Waals surface area contributed by atoms with E-state index < -0.39 is 35.0 Å². The molecule has 0 aliphatic heterocycles. The van der Waals surface area contributed by atoms with Crippen molar-refractivity contribution in [2.75, 3.05) is 0 Å². The first-order chi connectivity index (χ1) is 18.2. The molecule has 9 atom stereocenters. The fourth-order valence-electron chi connectivity index (χ4n) is 11.5. The molecule has 5 saturated carbocycles. The van der Waals surface area contributed by atoms with E-state index in [0.717, 1.165) is 25.7 Å². The van der Waals surface area contributed by atoms with Crippen LogP contribution in [-0.2, 0) is 19.1 Å². The zero-order valence-electron chi connectivity index (χ0n) is 25.2. The summed E-state index contributed by atoms with van der Waals surface area (Å²) in [7, 11) is 0. The fraction of sp³-hybridized carbons (Fsp3) is 0.906. The van der Waals surface area contributed by atoms with Gasteiger partial charge in [0.1, 0.15) is 11.9 Å². The lowest BCUT2D eigenvalue weighted by molar-refractivity contribution is -0.253. The van der Waals surface area contributed by atoms with Crippen LogP contribution in [0.25, 0.3) is 0 Å². The van der Waals surface area contributed by atoms with Gasteiger partial charge in [-0.05, 0) is 97.2 Å². The van der Waals surface area contributed by atoms with Crippen LogP contribution in [0.3, 0.4) is 0 Å². The quantitative estimate of drug-likeness (QED) is 0.347. The molecule has 0 saturated heterocycles. The van der Waals surface area contributed by atoms with E-state index in [0.29, 0.717) is 38.5 Å². The van der Waals surface area contributed by atoms with Crippen molar-refractivity contribution in [2.24, 2.45) is 56.2 Å². The van der Waals surface area contributed by atoms with Gasteiger partial charge in [-0.15, -0.1) is 0 Å². The van der Waals surface area contributed by atoms with Crippen LogP contribution in [0, 0.1) is 56.2 Å². The number of ether oxygens (including phenoxy) is 1. The Hall–Kier alpha value is -1.60. The number of Topliss-reactive ketones (excluding diaryl/α,β-unsaturated/α-hetero) is 1. The molecule has 0 spiro atoms. The van der Waals surface area contributed by atoms with Crippen LogP contribution in [0.5, 0.6) is 0 Å². The number of hydrogen-bond acceptors (Lipinski definition) is 4. The summed E-state index contributed by atoms with van der Waals surface area (Å²) in [6.45, 7) is 15.0. The molecule has 0 aromatic rings. The lowest BCUT2D eigenvalue weighted by Crippen LogP contribution is -2.70.